The van der Waals surface area contributed by atoms with Gasteiger partial charge in [-0.3, -0.25) is 10.1 Å². The van der Waals surface area contributed by atoms with E-state index in [1.807, 2.05) is 267 Å². The Morgan fingerprint density at radius 3 is 0.531 bits per heavy atom. The lowest BCUT2D eigenvalue weighted by Crippen LogP contribution is -2.08. The molecule has 0 fully saturated rings. The lowest BCUT2D eigenvalue weighted by molar-refractivity contribution is 0.420. The highest BCUT2D eigenvalue weighted by Crippen LogP contribution is 2.10. The van der Waals surface area contributed by atoms with Crippen LogP contribution in [0.5, 0.6) is 0 Å². The van der Waals surface area contributed by atoms with E-state index in [9.17, 15) is 8.42 Å². The summed E-state index contributed by atoms with van der Waals surface area (Å²) in [5, 5.41) is 9.56. The maximum absolute atomic E-state index is 9.63. The molecule has 98 heavy (non-hydrogen) atoms. The molecule has 8 nitrogen and oxygen atoms in total. The number of H-pyrrole nitrogens is 1. The van der Waals surface area contributed by atoms with Gasteiger partial charge in [0, 0.05) is 37.3 Å². The number of benzene rings is 4. The Kier molecular flexibility index (Phi) is 160. The lowest BCUT2D eigenvalue weighted by Gasteiger charge is -2.05. The molecule has 0 aliphatic heterocycles. The van der Waals surface area contributed by atoms with Crippen LogP contribution in [-0.2, 0) is 9.84 Å². The fourth-order valence-electron chi connectivity index (χ4n) is 2.24. The van der Waals surface area contributed by atoms with Crippen LogP contribution in [0.3, 0.4) is 0 Å². The van der Waals surface area contributed by atoms with Gasteiger partial charge < -0.3 is 9.42 Å². The molecule has 3 heterocycles. The minimum atomic E-state index is -2.67. The summed E-state index contributed by atoms with van der Waals surface area (Å²) in [6.07, 6.45) is 12.4. The zero-order valence-electron chi connectivity index (χ0n) is 73.5. The van der Waals surface area contributed by atoms with Crippen molar-refractivity contribution in [3.05, 3.63) is 213 Å². The first-order valence-corrected chi connectivity index (χ1v) is 38.5. The van der Waals surface area contributed by atoms with E-state index in [2.05, 4.69) is 231 Å². The fraction of sp³-hybridized carbons (Fsp3) is 0.607. The average Bonchev–Trinajstić information content (AvgIpc) is 4.41. The zero-order chi connectivity index (χ0) is 80.7. The van der Waals surface area contributed by atoms with Gasteiger partial charge in [0.15, 0.2) is 0 Å². The summed E-state index contributed by atoms with van der Waals surface area (Å²) in [6.45, 7) is 88.0. The summed E-state index contributed by atoms with van der Waals surface area (Å²) < 4.78 is 23.6. The van der Waals surface area contributed by atoms with Gasteiger partial charge in [0.05, 0.1) is 6.20 Å². The normalized spacial score (nSPS) is 8.57. The molecule has 9 heteroatoms. The first-order valence-electron chi connectivity index (χ1n) is 36.2. The predicted octanol–water partition coefficient (Wildman–Crippen LogP) is 30.5. The molecule has 0 amide bonds. The van der Waals surface area contributed by atoms with Crippen LogP contribution < -0.4 is 0 Å². The molecule has 0 aliphatic rings. The Balaban J connectivity index is -0.0000000471. The molecule has 0 saturated heterocycles. The van der Waals surface area contributed by atoms with E-state index in [-0.39, 0.29) is 7.43 Å². The second kappa shape index (κ2) is 116. The van der Waals surface area contributed by atoms with Crippen molar-refractivity contribution in [2.75, 3.05) is 33.2 Å². The summed E-state index contributed by atoms with van der Waals surface area (Å²) in [4.78, 5) is 5.91. The van der Waals surface area contributed by atoms with Crippen LogP contribution in [0.15, 0.2) is 218 Å². The number of pyridine rings is 1. The Morgan fingerprint density at radius 2 is 0.490 bits per heavy atom. The summed E-state index contributed by atoms with van der Waals surface area (Å²) in [6, 6.07) is 57.3. The molecule has 0 aliphatic carbocycles. The van der Waals surface area contributed by atoms with Crippen LogP contribution in [0.2, 0.25) is 0 Å². The van der Waals surface area contributed by atoms with E-state index < -0.39 is 9.84 Å². The number of hydrogen-bond acceptors (Lipinski definition) is 7. The molecule has 7 aromatic rings. The van der Waals surface area contributed by atoms with Gasteiger partial charge >= 0.3 is 0 Å². The van der Waals surface area contributed by atoms with Crippen molar-refractivity contribution in [1.29, 1.82) is 0 Å². The predicted molar refractivity (Wildman–Crippen MR) is 463 cm³/mol. The van der Waals surface area contributed by atoms with E-state index in [1.54, 1.807) is 37.1 Å². The third kappa shape index (κ3) is 546. The minimum Gasteiger partial charge on any atom is -0.365 e. The number of aromatic nitrogens is 4. The Bertz CT molecular complexity index is 1640. The molecule has 1 N–H and O–H groups in total. The van der Waals surface area contributed by atoms with Gasteiger partial charge in [-0.1, -0.05) is 448 Å². The zero-order valence-corrected chi connectivity index (χ0v) is 74.3. The molecule has 0 saturated carbocycles. The Labute approximate surface area is 621 Å². The third-order valence-corrected chi connectivity index (χ3v) is 4.62. The number of hydrogen-bond donors (Lipinski definition) is 1. The van der Waals surface area contributed by atoms with Gasteiger partial charge in [-0.05, 0) is 83.8 Å². The first kappa shape index (κ1) is 136. The molecule has 4 aromatic carbocycles. The molecular weight excluding hydrogens is 1220 g/mol. The van der Waals surface area contributed by atoms with E-state index >= 15 is 0 Å². The van der Waals surface area contributed by atoms with Crippen molar-refractivity contribution in [2.24, 2.45) is 38.9 Å². The SMILES string of the molecule is C.CC.CC.CC.CC.CC.CC.CC.CC(C)(C)C.CC(C)(C)C.CC(C)(C)C.CC(C)(C)C.CC(C)(C)C.CC(C)C.CC(C)C.CCN(C)C.CS(C)(=O)=O.c1ccccc1.c1ccccc1.c1ccccc1.c1ccccc1.c1ccncc1.c1cn[nH]c1.c1cnoc1. The molecule has 0 radical (unpaired) electrons. The van der Waals surface area contributed by atoms with E-state index in [0.29, 0.717) is 27.1 Å². The smallest absolute Gasteiger partial charge is 0.144 e. The van der Waals surface area contributed by atoms with E-state index in [1.165, 1.54) is 6.26 Å². The van der Waals surface area contributed by atoms with Crippen LogP contribution >= 0.6 is 0 Å². The van der Waals surface area contributed by atoms with Gasteiger partial charge in [0.1, 0.15) is 16.1 Å². The molecule has 7 rings (SSSR count). The van der Waals surface area contributed by atoms with Crippen LogP contribution in [0.25, 0.3) is 0 Å². The summed E-state index contributed by atoms with van der Waals surface area (Å²) in [5.74, 6) is 1.67. The number of sulfone groups is 1. The second-order valence-corrected chi connectivity index (χ2v) is 30.4. The molecule has 0 bridgehead atoms. The fourth-order valence-corrected chi connectivity index (χ4v) is 2.24. The number of nitrogens with zero attached hydrogens (tertiary/aromatic N) is 4. The van der Waals surface area contributed by atoms with Crippen molar-refractivity contribution in [1.82, 2.24) is 25.2 Å². The van der Waals surface area contributed by atoms with Gasteiger partial charge in [-0.25, -0.2) is 8.42 Å². The van der Waals surface area contributed by atoms with Gasteiger partial charge in [0.25, 0.3) is 0 Å². The standard InChI is InChI=1S/4C6H6.C5H5N.5C5H12.C4H11N.2C4H10.C3H4N2.C3H3NO.C2H6O2S.7C2H6.CH4/c5*1-2-4-6-5-3-1;5*1-5(2,3)4;1-4-5(2)3;2*1-4(2)3;2*1-2-4-5-3-1;1-5(2,3)4;7*1-2;/h4*1-6H;1-5H;5*1-4H3;4H2,1-3H3;2*4H,1-3H3;1-3H,(H,4,5);1-3H;1-2H3;7*1-2H3;1H4. The summed E-state index contributed by atoms with van der Waals surface area (Å²) in [5.41, 5.74) is 2.50. The van der Waals surface area contributed by atoms with Crippen LogP contribution in [-0.4, -0.2) is 66.8 Å². The quantitative estimate of drug-likeness (QED) is 0.175. The molecule has 0 atom stereocenters. The molecular formula is C89H179N5O3S. The van der Waals surface area contributed by atoms with Crippen molar-refractivity contribution in [3.8, 4) is 0 Å². The Hall–Kier alpha value is -5.64. The van der Waals surface area contributed by atoms with Gasteiger partial charge in [0.2, 0.25) is 0 Å². The minimum absolute atomic E-state index is 0. The van der Waals surface area contributed by atoms with Crippen molar-refractivity contribution < 1.29 is 12.9 Å². The topological polar surface area (TPSA) is 105 Å². The molecule has 584 valence electrons. The monoisotopic (exact) mass is 1400 g/mol. The second-order valence-electron chi connectivity index (χ2n) is 28.1. The van der Waals surface area contributed by atoms with Gasteiger partial charge in [-0.15, -0.1) is 0 Å². The largest absolute Gasteiger partial charge is 0.365 e. The van der Waals surface area contributed by atoms with E-state index in [0.717, 1.165) is 30.9 Å². The van der Waals surface area contributed by atoms with Crippen molar-refractivity contribution in [3.63, 3.8) is 0 Å². The maximum Gasteiger partial charge on any atom is 0.144 e. The Morgan fingerprint density at radius 1 is 0.337 bits per heavy atom. The van der Waals surface area contributed by atoms with Crippen molar-refractivity contribution in [2.45, 2.75) is 291 Å². The van der Waals surface area contributed by atoms with Crippen LogP contribution in [0, 0.1) is 38.9 Å². The average molecular weight is 1400 g/mol. The van der Waals surface area contributed by atoms with Gasteiger partial charge in [-0.2, -0.15) is 5.10 Å². The highest BCUT2D eigenvalue weighted by Gasteiger charge is 1.97. The highest BCUT2D eigenvalue weighted by atomic mass is 32.2. The first-order chi connectivity index (χ1) is 44.7. The van der Waals surface area contributed by atoms with E-state index in [4.69, 9.17) is 0 Å². The van der Waals surface area contributed by atoms with Crippen LogP contribution in [0.4, 0.5) is 0 Å². The lowest BCUT2D eigenvalue weighted by atomic mass is 10.0. The van der Waals surface area contributed by atoms with Crippen molar-refractivity contribution >= 4 is 9.84 Å². The number of aromatic amines is 1. The highest BCUT2D eigenvalue weighted by molar-refractivity contribution is 7.89. The molecule has 0 unspecified atom stereocenters. The number of nitrogens with one attached hydrogen (secondary N) is 1. The maximum atomic E-state index is 9.63. The summed E-state index contributed by atoms with van der Waals surface area (Å²) in [7, 11) is 1.44. The van der Waals surface area contributed by atoms with Crippen LogP contribution in [0.1, 0.15) is 291 Å². The summed E-state index contributed by atoms with van der Waals surface area (Å²) >= 11 is 0. The molecule has 3 aromatic heterocycles. The number of rotatable bonds is 1. The third-order valence-electron chi connectivity index (χ3n) is 4.62. The molecule has 0 spiro atoms.